The minimum atomic E-state index is -1.04. The summed E-state index contributed by atoms with van der Waals surface area (Å²) in [6, 6.07) is 3.54. The Morgan fingerprint density at radius 1 is 1.21 bits per heavy atom. The molecule has 0 spiro atoms. The van der Waals surface area contributed by atoms with E-state index < -0.39 is 11.6 Å². The van der Waals surface area contributed by atoms with E-state index in [4.69, 9.17) is 9.47 Å². The number of piperidine rings is 1. The highest BCUT2D eigenvalue weighted by Gasteiger charge is 2.29. The molecule has 1 aliphatic heterocycles. The molecule has 1 aliphatic rings. The molecule has 0 bridgehead atoms. The number of rotatable bonds is 3. The predicted molar refractivity (Wildman–Crippen MR) is 103 cm³/mol. The van der Waals surface area contributed by atoms with Crippen LogP contribution in [-0.4, -0.2) is 57.8 Å². The molecular formula is C20H25N3O5. The average molecular weight is 387 g/mol. The van der Waals surface area contributed by atoms with Crippen molar-refractivity contribution < 1.29 is 24.2 Å². The fourth-order valence-electron chi connectivity index (χ4n) is 3.45. The summed E-state index contributed by atoms with van der Waals surface area (Å²) in [5.41, 5.74) is 0.955. The third-order valence-corrected chi connectivity index (χ3v) is 4.76. The highest BCUT2D eigenvalue weighted by Crippen LogP contribution is 2.34. The fraction of sp³-hybridized carbons (Fsp3) is 0.500. The Morgan fingerprint density at radius 3 is 2.46 bits per heavy atom. The molecule has 1 aromatic carbocycles. The largest absolute Gasteiger partial charge is 0.478 e. The van der Waals surface area contributed by atoms with Crippen LogP contribution in [0.2, 0.25) is 0 Å². The normalized spacial score (nSPS) is 15.5. The van der Waals surface area contributed by atoms with Gasteiger partial charge >= 0.3 is 18.1 Å². The molecule has 0 unspecified atom stereocenters. The van der Waals surface area contributed by atoms with E-state index in [2.05, 4.69) is 9.97 Å². The predicted octanol–water partition coefficient (Wildman–Crippen LogP) is 3.45. The molecular weight excluding hydrogens is 362 g/mol. The van der Waals surface area contributed by atoms with Crippen molar-refractivity contribution in [3.05, 3.63) is 29.5 Å². The number of carbonyl (C=O) groups excluding carboxylic acids is 1. The molecule has 0 saturated carbocycles. The van der Waals surface area contributed by atoms with Gasteiger partial charge in [-0.2, -0.15) is 4.98 Å². The Labute approximate surface area is 163 Å². The Morgan fingerprint density at radius 2 is 1.89 bits per heavy atom. The second-order valence-electron chi connectivity index (χ2n) is 7.87. The SMILES string of the molecule is COc1ncc2c(C3CCN(C(=O)OC(C)(C)C)CC3)ccc(C(=O)O)c2n1. The summed E-state index contributed by atoms with van der Waals surface area (Å²) in [7, 11) is 1.44. The summed E-state index contributed by atoms with van der Waals surface area (Å²) < 4.78 is 10.5. The number of nitrogens with zero attached hydrogens (tertiary/aromatic N) is 3. The lowest BCUT2D eigenvalue weighted by molar-refractivity contribution is 0.0205. The van der Waals surface area contributed by atoms with Crippen molar-refractivity contribution in [2.24, 2.45) is 0 Å². The Balaban J connectivity index is 1.84. The minimum absolute atomic E-state index is 0.116. The van der Waals surface area contributed by atoms with E-state index in [1.165, 1.54) is 7.11 Å². The van der Waals surface area contributed by atoms with Crippen LogP contribution in [0, 0.1) is 0 Å². The van der Waals surface area contributed by atoms with Crippen LogP contribution in [-0.2, 0) is 4.74 Å². The molecule has 1 saturated heterocycles. The van der Waals surface area contributed by atoms with Gasteiger partial charge in [0.15, 0.2) is 0 Å². The van der Waals surface area contributed by atoms with Crippen molar-refractivity contribution in [1.82, 2.24) is 14.9 Å². The zero-order valence-corrected chi connectivity index (χ0v) is 16.6. The number of benzene rings is 1. The van der Waals surface area contributed by atoms with E-state index in [0.717, 1.165) is 18.4 Å². The van der Waals surface area contributed by atoms with Crippen molar-refractivity contribution in [3.63, 3.8) is 0 Å². The summed E-state index contributed by atoms with van der Waals surface area (Å²) in [5, 5.41) is 10.2. The maximum absolute atomic E-state index is 12.3. The molecule has 0 radical (unpaired) electrons. The lowest BCUT2D eigenvalue weighted by atomic mass is 9.86. The molecule has 28 heavy (non-hydrogen) atoms. The second kappa shape index (κ2) is 7.61. The number of aromatic carboxylic acids is 1. The zero-order chi connectivity index (χ0) is 20.5. The van der Waals surface area contributed by atoms with E-state index in [9.17, 15) is 14.7 Å². The first kappa shape index (κ1) is 19.9. The Hall–Kier alpha value is -2.90. The highest BCUT2D eigenvalue weighted by molar-refractivity contribution is 6.02. The number of carbonyl (C=O) groups is 2. The van der Waals surface area contributed by atoms with Crippen molar-refractivity contribution in [2.45, 2.75) is 45.1 Å². The molecule has 8 heteroatoms. The summed E-state index contributed by atoms with van der Waals surface area (Å²) >= 11 is 0. The van der Waals surface area contributed by atoms with Crippen LogP contribution < -0.4 is 4.74 Å². The van der Waals surface area contributed by atoms with Gasteiger partial charge in [0.05, 0.1) is 18.2 Å². The molecule has 150 valence electrons. The maximum Gasteiger partial charge on any atom is 0.410 e. The van der Waals surface area contributed by atoms with E-state index in [-0.39, 0.29) is 23.6 Å². The second-order valence-corrected chi connectivity index (χ2v) is 7.87. The third-order valence-electron chi connectivity index (χ3n) is 4.76. The summed E-state index contributed by atoms with van der Waals surface area (Å²) in [5.74, 6) is -0.863. The molecule has 8 nitrogen and oxygen atoms in total. The number of hydrogen-bond donors (Lipinski definition) is 1. The van der Waals surface area contributed by atoms with E-state index in [0.29, 0.717) is 24.0 Å². The maximum atomic E-state index is 12.3. The van der Waals surface area contributed by atoms with Crippen LogP contribution in [0.3, 0.4) is 0 Å². The number of aromatic nitrogens is 2. The van der Waals surface area contributed by atoms with E-state index >= 15 is 0 Å². The van der Waals surface area contributed by atoms with Crippen molar-refractivity contribution in [3.8, 4) is 6.01 Å². The van der Waals surface area contributed by atoms with E-state index in [1.807, 2.05) is 26.8 Å². The first-order chi connectivity index (χ1) is 13.2. The van der Waals surface area contributed by atoms with Gasteiger partial charge in [-0.1, -0.05) is 6.07 Å². The topological polar surface area (TPSA) is 102 Å². The van der Waals surface area contributed by atoms with Gasteiger partial charge in [-0.05, 0) is 51.2 Å². The zero-order valence-electron chi connectivity index (χ0n) is 16.6. The van der Waals surface area contributed by atoms with Gasteiger partial charge in [0, 0.05) is 24.7 Å². The van der Waals surface area contributed by atoms with Crippen molar-refractivity contribution in [1.29, 1.82) is 0 Å². The van der Waals surface area contributed by atoms with Gasteiger partial charge in [-0.15, -0.1) is 0 Å². The Kier molecular flexibility index (Phi) is 5.40. The fourth-order valence-corrected chi connectivity index (χ4v) is 3.45. The average Bonchev–Trinajstić information content (AvgIpc) is 2.65. The van der Waals surface area contributed by atoms with Crippen LogP contribution in [0.4, 0.5) is 4.79 Å². The van der Waals surface area contributed by atoms with Gasteiger partial charge in [-0.3, -0.25) is 0 Å². The summed E-state index contributed by atoms with van der Waals surface area (Å²) in [6.45, 7) is 6.71. The first-order valence-corrected chi connectivity index (χ1v) is 9.24. The summed E-state index contributed by atoms with van der Waals surface area (Å²) in [6.07, 6.45) is 2.83. The van der Waals surface area contributed by atoms with Gasteiger partial charge in [0.25, 0.3) is 0 Å². The smallest absolute Gasteiger partial charge is 0.410 e. The molecule has 1 N–H and O–H groups in total. The molecule has 1 aromatic heterocycles. The molecule has 0 atom stereocenters. The quantitative estimate of drug-likeness (QED) is 0.860. The minimum Gasteiger partial charge on any atom is -0.478 e. The molecule has 3 rings (SSSR count). The number of hydrogen-bond acceptors (Lipinski definition) is 6. The van der Waals surface area contributed by atoms with Gasteiger partial charge in [-0.25, -0.2) is 14.6 Å². The lowest BCUT2D eigenvalue weighted by Gasteiger charge is -2.34. The van der Waals surface area contributed by atoms with Crippen LogP contribution in [0.15, 0.2) is 18.3 Å². The number of ether oxygens (including phenoxy) is 2. The number of carboxylic acids is 1. The summed E-state index contributed by atoms with van der Waals surface area (Å²) in [4.78, 5) is 34.0. The Bertz CT molecular complexity index is 899. The van der Waals surface area contributed by atoms with Gasteiger partial charge < -0.3 is 19.5 Å². The molecule has 1 amide bonds. The van der Waals surface area contributed by atoms with Gasteiger partial charge in [0.2, 0.25) is 0 Å². The van der Waals surface area contributed by atoms with Crippen molar-refractivity contribution >= 4 is 23.0 Å². The van der Waals surface area contributed by atoms with Crippen LogP contribution in [0.25, 0.3) is 10.9 Å². The van der Waals surface area contributed by atoms with Crippen LogP contribution in [0.1, 0.15) is 55.5 Å². The third kappa shape index (κ3) is 4.16. The van der Waals surface area contributed by atoms with Crippen molar-refractivity contribution in [2.75, 3.05) is 20.2 Å². The molecule has 1 fully saturated rings. The standard InChI is InChI=1S/C20H25N3O5/c1-20(2,3)28-19(26)23-9-7-12(8-10-23)13-5-6-14(17(24)25)16-15(13)11-21-18(22-16)27-4/h5-6,11-12H,7-10H2,1-4H3,(H,24,25). The monoisotopic (exact) mass is 387 g/mol. The molecule has 2 heterocycles. The first-order valence-electron chi connectivity index (χ1n) is 9.24. The van der Waals surface area contributed by atoms with Crippen LogP contribution >= 0.6 is 0 Å². The highest BCUT2D eigenvalue weighted by atomic mass is 16.6. The molecule has 2 aromatic rings. The number of carboxylic acid groups (broad SMARTS) is 1. The number of amides is 1. The number of methoxy groups -OCH3 is 1. The number of likely N-dealkylation sites (tertiary alicyclic amines) is 1. The number of fused-ring (bicyclic) bond motifs is 1. The van der Waals surface area contributed by atoms with Crippen LogP contribution in [0.5, 0.6) is 6.01 Å². The molecule has 0 aliphatic carbocycles. The lowest BCUT2D eigenvalue weighted by Crippen LogP contribution is -2.41. The van der Waals surface area contributed by atoms with Gasteiger partial charge in [0.1, 0.15) is 5.60 Å². The van der Waals surface area contributed by atoms with E-state index in [1.54, 1.807) is 17.2 Å².